The van der Waals surface area contributed by atoms with Crippen molar-refractivity contribution in [2.45, 2.75) is 13.1 Å². The van der Waals surface area contributed by atoms with Crippen LogP contribution >= 0.6 is 11.6 Å². The topological polar surface area (TPSA) is 83.1 Å². The van der Waals surface area contributed by atoms with Gasteiger partial charge in [-0.2, -0.15) is 23.3 Å². The predicted octanol–water partition coefficient (Wildman–Crippen LogP) is 6.12. The highest BCUT2D eigenvalue weighted by Crippen LogP contribution is 2.33. The number of carboxylic acids is 1. The van der Waals surface area contributed by atoms with Gasteiger partial charge in [0.15, 0.2) is 0 Å². The molecule has 0 saturated carbocycles. The first-order valence-corrected chi connectivity index (χ1v) is 9.84. The summed E-state index contributed by atoms with van der Waals surface area (Å²) in [6, 6.07) is 11.8. The van der Waals surface area contributed by atoms with Crippen molar-refractivity contribution in [1.82, 2.24) is 0 Å². The minimum atomic E-state index is -4.48. The number of hydrazone groups is 1. The van der Waals surface area contributed by atoms with Gasteiger partial charge in [0.05, 0.1) is 33.1 Å². The van der Waals surface area contributed by atoms with E-state index in [1.54, 1.807) is 6.92 Å². The molecule has 1 aromatic heterocycles. The average molecular weight is 475 g/mol. The third kappa shape index (κ3) is 4.40. The van der Waals surface area contributed by atoms with Crippen LogP contribution in [0.2, 0.25) is 5.02 Å². The normalized spacial score (nSPS) is 15.3. The summed E-state index contributed by atoms with van der Waals surface area (Å²) in [5.74, 6) is -1.33. The number of anilines is 1. The number of hydrogen-bond acceptors (Lipinski definition) is 4. The van der Waals surface area contributed by atoms with Gasteiger partial charge < -0.3 is 9.52 Å². The second kappa shape index (κ2) is 8.25. The summed E-state index contributed by atoms with van der Waals surface area (Å²) in [5.41, 5.74) is 0.0134. The molecule has 1 aliphatic heterocycles. The molecule has 0 saturated heterocycles. The van der Waals surface area contributed by atoms with Crippen LogP contribution in [0.5, 0.6) is 0 Å². The number of hydrogen-bond donors (Lipinski definition) is 1. The summed E-state index contributed by atoms with van der Waals surface area (Å²) in [6.07, 6.45) is -3.06. The van der Waals surface area contributed by atoms with Gasteiger partial charge in [0.2, 0.25) is 0 Å². The number of alkyl halides is 3. The van der Waals surface area contributed by atoms with E-state index in [1.165, 1.54) is 48.5 Å². The lowest BCUT2D eigenvalue weighted by Gasteiger charge is -2.12. The number of benzene rings is 2. The molecule has 1 amide bonds. The van der Waals surface area contributed by atoms with Gasteiger partial charge in [-0.15, -0.1) is 0 Å². The van der Waals surface area contributed by atoms with Gasteiger partial charge >= 0.3 is 12.1 Å². The van der Waals surface area contributed by atoms with E-state index in [4.69, 9.17) is 16.0 Å². The third-order valence-electron chi connectivity index (χ3n) is 4.88. The van der Waals surface area contributed by atoms with Crippen LogP contribution in [-0.4, -0.2) is 22.7 Å². The highest BCUT2D eigenvalue weighted by molar-refractivity contribution is 6.34. The van der Waals surface area contributed by atoms with E-state index in [0.29, 0.717) is 5.71 Å². The Balaban J connectivity index is 1.62. The molecular formula is C23H14ClF3N2O4. The van der Waals surface area contributed by atoms with E-state index in [1.807, 2.05) is 0 Å². The van der Waals surface area contributed by atoms with E-state index in [0.717, 1.165) is 17.1 Å². The van der Waals surface area contributed by atoms with Gasteiger partial charge in [0.25, 0.3) is 5.91 Å². The Hall–Kier alpha value is -3.85. The number of amides is 1. The molecule has 1 aliphatic rings. The zero-order valence-electron chi connectivity index (χ0n) is 16.9. The maximum absolute atomic E-state index is 13.0. The van der Waals surface area contributed by atoms with Crippen LogP contribution in [0.3, 0.4) is 0 Å². The molecule has 2 aromatic carbocycles. The molecule has 0 aliphatic carbocycles. The smallest absolute Gasteiger partial charge is 0.416 e. The second-order valence-corrected chi connectivity index (χ2v) is 7.52. The minimum absolute atomic E-state index is 0.0204. The number of carbonyl (C=O) groups excluding carboxylic acids is 1. The fourth-order valence-corrected chi connectivity index (χ4v) is 3.44. The molecule has 0 fully saturated rings. The lowest BCUT2D eigenvalue weighted by Crippen LogP contribution is -2.21. The first-order chi connectivity index (χ1) is 15.5. The Morgan fingerprint density at radius 2 is 1.91 bits per heavy atom. The molecule has 0 unspecified atom stereocenters. The van der Waals surface area contributed by atoms with Crippen LogP contribution in [0.25, 0.3) is 17.4 Å². The van der Waals surface area contributed by atoms with E-state index in [-0.39, 0.29) is 38.9 Å². The van der Waals surface area contributed by atoms with Crippen LogP contribution in [0.1, 0.15) is 28.6 Å². The molecule has 168 valence electrons. The Bertz CT molecular complexity index is 1340. The van der Waals surface area contributed by atoms with Crippen molar-refractivity contribution in [1.29, 1.82) is 0 Å². The molecule has 10 heteroatoms. The van der Waals surface area contributed by atoms with Crippen molar-refractivity contribution < 1.29 is 32.3 Å². The van der Waals surface area contributed by atoms with Crippen LogP contribution in [-0.2, 0) is 11.0 Å². The molecule has 33 heavy (non-hydrogen) atoms. The standard InChI is InChI=1S/C23H14ClF3N2O4/c1-12-17(21(30)29(28-12)15-5-7-19(24)18(10-15)22(31)32)11-16-6-8-20(33-16)13-3-2-4-14(9-13)23(25,26)27/h2-11H,1H3,(H,31,32). The van der Waals surface area contributed by atoms with Crippen molar-refractivity contribution in [3.63, 3.8) is 0 Å². The lowest BCUT2D eigenvalue weighted by molar-refractivity contribution is -0.137. The van der Waals surface area contributed by atoms with Gasteiger partial charge in [-0.05, 0) is 55.5 Å². The minimum Gasteiger partial charge on any atom is -0.478 e. The Morgan fingerprint density at radius 3 is 2.61 bits per heavy atom. The first kappa shape index (κ1) is 22.3. The molecular weight excluding hydrogens is 461 g/mol. The fraction of sp³-hybridized carbons (Fsp3) is 0.0870. The number of furan rings is 1. The Labute approximate surface area is 190 Å². The third-order valence-corrected chi connectivity index (χ3v) is 5.20. The van der Waals surface area contributed by atoms with Crippen LogP contribution < -0.4 is 5.01 Å². The van der Waals surface area contributed by atoms with Crippen molar-refractivity contribution >= 4 is 41.0 Å². The SMILES string of the molecule is CC1=NN(c2ccc(Cl)c(C(=O)O)c2)C(=O)C1=Cc1ccc(-c2cccc(C(F)(F)F)c2)o1. The number of nitrogens with zero attached hydrogens (tertiary/aromatic N) is 2. The van der Waals surface area contributed by atoms with E-state index < -0.39 is 23.6 Å². The fourth-order valence-electron chi connectivity index (χ4n) is 3.24. The molecule has 1 N–H and O–H groups in total. The van der Waals surface area contributed by atoms with Crippen LogP contribution in [0.4, 0.5) is 18.9 Å². The predicted molar refractivity (Wildman–Crippen MR) is 116 cm³/mol. The molecule has 6 nitrogen and oxygen atoms in total. The zero-order chi connectivity index (χ0) is 23.9. The maximum atomic E-state index is 13.0. The summed E-state index contributed by atoms with van der Waals surface area (Å²) in [5, 5.41) is 14.5. The molecule has 0 spiro atoms. The number of halogens is 4. The lowest BCUT2D eigenvalue weighted by atomic mass is 10.1. The molecule has 0 radical (unpaired) electrons. The Morgan fingerprint density at radius 1 is 1.15 bits per heavy atom. The average Bonchev–Trinajstić information content (AvgIpc) is 3.34. The van der Waals surface area contributed by atoms with Gasteiger partial charge in [-0.25, -0.2) is 4.79 Å². The number of rotatable bonds is 4. The van der Waals surface area contributed by atoms with E-state index >= 15 is 0 Å². The summed E-state index contributed by atoms with van der Waals surface area (Å²) in [7, 11) is 0. The molecule has 0 atom stereocenters. The summed E-state index contributed by atoms with van der Waals surface area (Å²) >= 11 is 5.88. The summed E-state index contributed by atoms with van der Waals surface area (Å²) < 4.78 is 44.6. The Kier molecular flexibility index (Phi) is 5.59. The van der Waals surface area contributed by atoms with Crippen molar-refractivity contribution in [3.8, 4) is 11.3 Å². The number of aromatic carboxylic acids is 1. The molecule has 4 rings (SSSR count). The van der Waals surface area contributed by atoms with Gasteiger partial charge in [0.1, 0.15) is 11.5 Å². The molecule has 0 bridgehead atoms. The van der Waals surface area contributed by atoms with Gasteiger partial charge in [0, 0.05) is 5.56 Å². The van der Waals surface area contributed by atoms with E-state index in [9.17, 15) is 27.9 Å². The van der Waals surface area contributed by atoms with Crippen LogP contribution in [0.15, 0.2) is 69.7 Å². The summed E-state index contributed by atoms with van der Waals surface area (Å²) in [4.78, 5) is 24.2. The first-order valence-electron chi connectivity index (χ1n) is 9.46. The molecule has 2 heterocycles. The second-order valence-electron chi connectivity index (χ2n) is 7.11. The highest BCUT2D eigenvalue weighted by atomic mass is 35.5. The van der Waals surface area contributed by atoms with Gasteiger partial charge in [-0.1, -0.05) is 23.7 Å². The largest absolute Gasteiger partial charge is 0.478 e. The maximum Gasteiger partial charge on any atom is 0.416 e. The van der Waals surface area contributed by atoms with E-state index in [2.05, 4.69) is 5.10 Å². The highest BCUT2D eigenvalue weighted by Gasteiger charge is 2.31. The monoisotopic (exact) mass is 474 g/mol. The summed E-state index contributed by atoms with van der Waals surface area (Å²) in [6.45, 7) is 1.59. The van der Waals surface area contributed by atoms with Gasteiger partial charge in [-0.3, -0.25) is 4.79 Å². The van der Waals surface area contributed by atoms with Crippen LogP contribution in [0, 0.1) is 0 Å². The zero-order valence-corrected chi connectivity index (χ0v) is 17.6. The van der Waals surface area contributed by atoms with Crippen molar-refractivity contribution in [3.05, 3.63) is 82.1 Å². The number of carbonyl (C=O) groups is 2. The number of carboxylic acid groups (broad SMARTS) is 1. The quantitative estimate of drug-likeness (QED) is 0.461. The van der Waals surface area contributed by atoms with Crippen molar-refractivity contribution in [2.75, 3.05) is 5.01 Å². The molecule has 3 aromatic rings. The van der Waals surface area contributed by atoms with Crippen molar-refractivity contribution in [2.24, 2.45) is 5.10 Å².